The topological polar surface area (TPSA) is 61.8 Å². The molecule has 1 heterocycles. The molecule has 5 nitrogen and oxygen atoms in total. The van der Waals surface area contributed by atoms with Crippen molar-refractivity contribution >= 4 is 21.5 Å². The van der Waals surface area contributed by atoms with Crippen molar-refractivity contribution in [1.29, 1.82) is 0 Å². The average Bonchev–Trinajstić information content (AvgIpc) is 2.60. The summed E-state index contributed by atoms with van der Waals surface area (Å²) in [4.78, 5) is 22.5. The summed E-state index contributed by atoms with van der Waals surface area (Å²) < 4.78 is 14.9. The van der Waals surface area contributed by atoms with Gasteiger partial charge in [0.05, 0.1) is 21.9 Å². The molecule has 0 aromatic rings. The van der Waals surface area contributed by atoms with E-state index in [1.165, 1.54) is 0 Å². The normalized spacial score (nSPS) is 23.4. The third kappa shape index (κ3) is 3.13. The van der Waals surface area contributed by atoms with Crippen molar-refractivity contribution in [3.05, 3.63) is 0 Å². The third-order valence-electron chi connectivity index (χ3n) is 3.02. The van der Waals surface area contributed by atoms with Gasteiger partial charge in [0, 0.05) is 14.2 Å². The molecule has 0 aliphatic carbocycles. The molecule has 0 radical (unpaired) electrons. The Morgan fingerprint density at radius 3 is 2.44 bits per heavy atom. The van der Waals surface area contributed by atoms with Gasteiger partial charge in [-0.25, -0.2) is 0 Å². The summed E-state index contributed by atoms with van der Waals surface area (Å²) in [6, 6.07) is 0. The van der Waals surface area contributed by atoms with Crippen molar-refractivity contribution in [3.8, 4) is 0 Å². The van der Waals surface area contributed by atoms with E-state index >= 15 is 0 Å². The molecule has 1 fully saturated rings. The van der Waals surface area contributed by atoms with Crippen LogP contribution < -0.4 is 0 Å². The van der Waals surface area contributed by atoms with Gasteiger partial charge < -0.3 is 14.2 Å². The average molecular weight is 246 g/mol. The molecule has 0 bridgehead atoms. The van der Waals surface area contributed by atoms with E-state index in [9.17, 15) is 9.59 Å². The van der Waals surface area contributed by atoms with Crippen molar-refractivity contribution in [2.24, 2.45) is 5.92 Å². The van der Waals surface area contributed by atoms with Crippen LogP contribution in [-0.2, 0) is 23.8 Å². The highest BCUT2D eigenvalue weighted by atomic mass is 28.2. The lowest BCUT2D eigenvalue weighted by Crippen LogP contribution is -2.30. The predicted molar refractivity (Wildman–Crippen MR) is 59.6 cm³/mol. The maximum atomic E-state index is 11.4. The molecule has 2 atom stereocenters. The van der Waals surface area contributed by atoms with Gasteiger partial charge in [0.1, 0.15) is 5.91 Å². The van der Waals surface area contributed by atoms with Gasteiger partial charge in [-0.05, 0) is 5.54 Å². The second kappa shape index (κ2) is 6.12. The van der Waals surface area contributed by atoms with E-state index in [2.05, 4.69) is 4.74 Å². The number of methoxy groups -OCH3 is 2. The summed E-state index contributed by atoms with van der Waals surface area (Å²) in [6.07, 6.45) is 1.06. The summed E-state index contributed by atoms with van der Waals surface area (Å²) in [7, 11) is 2.44. The summed E-state index contributed by atoms with van der Waals surface area (Å²) in [5.41, 5.74) is 0.198. The third-order valence-corrected chi connectivity index (χ3v) is 5.82. The van der Waals surface area contributed by atoms with Gasteiger partial charge in [-0.15, -0.1) is 0 Å². The summed E-state index contributed by atoms with van der Waals surface area (Å²) in [5, 5.41) is 0. The minimum Gasteiger partial charge on any atom is -0.393 e. The number of carbonyl (C=O) groups excluding carboxylic acids is 2. The summed E-state index contributed by atoms with van der Waals surface area (Å²) in [5.74, 6) is -1.27. The molecule has 0 aromatic carbocycles. The van der Waals surface area contributed by atoms with Gasteiger partial charge in [-0.2, -0.15) is 0 Å². The Morgan fingerprint density at radius 1 is 1.44 bits per heavy atom. The first-order valence-corrected chi connectivity index (χ1v) is 7.05. The number of hydrogen-bond donors (Lipinski definition) is 0. The molecule has 6 heteroatoms. The molecule has 1 aliphatic rings. The van der Waals surface area contributed by atoms with Crippen LogP contribution in [0.3, 0.4) is 0 Å². The van der Waals surface area contributed by atoms with Crippen molar-refractivity contribution < 1.29 is 23.8 Å². The molecular weight excluding hydrogens is 228 g/mol. The minimum atomic E-state index is -0.742. The van der Waals surface area contributed by atoms with Crippen LogP contribution >= 0.6 is 0 Å². The van der Waals surface area contributed by atoms with E-state index in [-0.39, 0.29) is 29.8 Å². The van der Waals surface area contributed by atoms with E-state index in [1.54, 1.807) is 14.2 Å². The van der Waals surface area contributed by atoms with Gasteiger partial charge in [-0.3, -0.25) is 9.59 Å². The van der Waals surface area contributed by atoms with E-state index < -0.39 is 15.5 Å². The first-order chi connectivity index (χ1) is 7.62. The second-order valence-corrected chi connectivity index (χ2v) is 6.10. The summed E-state index contributed by atoms with van der Waals surface area (Å²) >= 11 is 0. The summed E-state index contributed by atoms with van der Waals surface area (Å²) in [6.45, 7) is 2.01. The predicted octanol–water partition coefficient (Wildman–Crippen LogP) is 0.0198. The molecule has 1 aliphatic heterocycles. The largest absolute Gasteiger partial charge is 0.393 e. The molecule has 0 saturated carbocycles. The molecule has 92 valence electrons. The van der Waals surface area contributed by atoms with E-state index in [1.807, 2.05) is 6.92 Å². The molecular formula is C10H18O5Si. The number of cyclic esters (lactones) is 2. The van der Waals surface area contributed by atoms with Crippen LogP contribution in [0.4, 0.5) is 0 Å². The van der Waals surface area contributed by atoms with Crippen molar-refractivity contribution in [2.75, 3.05) is 14.2 Å². The lowest BCUT2D eigenvalue weighted by Gasteiger charge is -2.22. The van der Waals surface area contributed by atoms with Crippen LogP contribution in [0.15, 0.2) is 0 Å². The Kier molecular flexibility index (Phi) is 5.10. The quantitative estimate of drug-likeness (QED) is 0.286. The standard InChI is InChI=1S/C10H18O5Si/c1-4-7(16-10(13-2)14-3)6-5-8(11)15-9(6)12/h6-7,10H,4-5,16H2,1-3H3. The zero-order valence-electron chi connectivity index (χ0n) is 9.89. The monoisotopic (exact) mass is 246 g/mol. The van der Waals surface area contributed by atoms with Crippen LogP contribution in [0.25, 0.3) is 0 Å². The minimum absolute atomic E-state index is 0.198. The van der Waals surface area contributed by atoms with Crippen molar-refractivity contribution in [1.82, 2.24) is 0 Å². The van der Waals surface area contributed by atoms with E-state index in [0.717, 1.165) is 6.42 Å². The first kappa shape index (κ1) is 13.3. The highest BCUT2D eigenvalue weighted by Crippen LogP contribution is 2.31. The van der Waals surface area contributed by atoms with Crippen molar-refractivity contribution in [3.63, 3.8) is 0 Å². The number of esters is 2. The number of carbonyl (C=O) groups is 2. The molecule has 0 spiro atoms. The molecule has 2 unspecified atom stereocenters. The zero-order valence-corrected chi connectivity index (χ0v) is 11.3. The van der Waals surface area contributed by atoms with Crippen LogP contribution in [0.5, 0.6) is 0 Å². The smallest absolute Gasteiger partial charge is 0.317 e. The fourth-order valence-corrected chi connectivity index (χ4v) is 3.90. The maximum absolute atomic E-state index is 11.4. The van der Waals surface area contributed by atoms with Crippen LogP contribution in [-0.4, -0.2) is 41.6 Å². The van der Waals surface area contributed by atoms with Crippen molar-refractivity contribution in [2.45, 2.75) is 31.2 Å². The maximum Gasteiger partial charge on any atom is 0.317 e. The Hall–Kier alpha value is -0.723. The first-order valence-electron chi connectivity index (χ1n) is 5.42. The Labute approximate surface area is 97.3 Å². The molecule has 0 amide bonds. The SMILES string of the molecule is CCC([SiH2]C(OC)OC)C1CC(=O)OC1=O. The van der Waals surface area contributed by atoms with Gasteiger partial charge in [-0.1, -0.05) is 13.3 Å². The number of ether oxygens (including phenoxy) is 3. The fourth-order valence-electron chi connectivity index (χ4n) is 2.00. The Bertz CT molecular complexity index is 264. The fraction of sp³-hybridized carbons (Fsp3) is 0.800. The van der Waals surface area contributed by atoms with E-state index in [4.69, 9.17) is 9.47 Å². The molecule has 1 rings (SSSR count). The van der Waals surface area contributed by atoms with E-state index in [0.29, 0.717) is 0 Å². The van der Waals surface area contributed by atoms with Crippen LogP contribution in [0, 0.1) is 5.92 Å². The van der Waals surface area contributed by atoms with Gasteiger partial charge in [0.25, 0.3) is 0 Å². The number of hydrogen-bond acceptors (Lipinski definition) is 5. The molecule has 0 aromatic heterocycles. The number of rotatable bonds is 6. The van der Waals surface area contributed by atoms with Crippen LogP contribution in [0.2, 0.25) is 5.54 Å². The van der Waals surface area contributed by atoms with Gasteiger partial charge in [0.2, 0.25) is 0 Å². The molecule has 0 N–H and O–H groups in total. The Morgan fingerprint density at radius 2 is 2.06 bits per heavy atom. The Balaban J connectivity index is 2.60. The highest BCUT2D eigenvalue weighted by molar-refractivity contribution is 6.39. The highest BCUT2D eigenvalue weighted by Gasteiger charge is 2.39. The second-order valence-electron chi connectivity index (χ2n) is 3.91. The lowest BCUT2D eigenvalue weighted by atomic mass is 10.0. The molecule has 16 heavy (non-hydrogen) atoms. The molecule has 1 saturated heterocycles. The zero-order chi connectivity index (χ0) is 12.1. The van der Waals surface area contributed by atoms with Crippen LogP contribution in [0.1, 0.15) is 19.8 Å². The van der Waals surface area contributed by atoms with Gasteiger partial charge >= 0.3 is 11.9 Å². The lowest BCUT2D eigenvalue weighted by molar-refractivity contribution is -0.153. The van der Waals surface area contributed by atoms with Gasteiger partial charge in [0.15, 0.2) is 0 Å².